The molecule has 0 aliphatic carbocycles. The summed E-state index contributed by atoms with van der Waals surface area (Å²) in [5.41, 5.74) is 1.05. The molecule has 0 heterocycles. The number of anilines is 1. The van der Waals surface area contributed by atoms with E-state index in [0.29, 0.717) is 0 Å². The average molecular weight is 211 g/mol. The Balaban J connectivity index is 2.60. The van der Waals surface area contributed by atoms with Crippen LogP contribution in [0.4, 0.5) is 5.69 Å². The predicted molar refractivity (Wildman–Crippen MR) is 64.6 cm³/mol. The molecule has 3 heteroatoms. The highest BCUT2D eigenvalue weighted by Crippen LogP contribution is 2.23. The molecule has 1 rings (SSSR count). The first-order valence-electron chi connectivity index (χ1n) is 4.95. The van der Waals surface area contributed by atoms with Gasteiger partial charge in [0.25, 0.3) is 0 Å². The Bertz CT molecular complexity index is 238. The van der Waals surface area contributed by atoms with Crippen LogP contribution in [0.5, 0.6) is 5.75 Å². The van der Waals surface area contributed by atoms with E-state index in [1.54, 1.807) is 0 Å². The van der Waals surface area contributed by atoms with Crippen molar-refractivity contribution in [3.8, 4) is 5.75 Å². The Morgan fingerprint density at radius 3 is 2.86 bits per heavy atom. The zero-order valence-electron chi connectivity index (χ0n) is 8.49. The number of thiol groups is 1. The van der Waals surface area contributed by atoms with Crippen LogP contribution in [0.1, 0.15) is 13.3 Å². The number of para-hydroxylation sites is 2. The lowest BCUT2D eigenvalue weighted by molar-refractivity contribution is 0.319. The van der Waals surface area contributed by atoms with Gasteiger partial charge < -0.3 is 10.1 Å². The fraction of sp³-hybridized carbons (Fsp3) is 0.455. The van der Waals surface area contributed by atoms with Crippen LogP contribution in [0.25, 0.3) is 0 Å². The molecule has 1 N–H and O–H groups in total. The molecular formula is C11H17NOS. The van der Waals surface area contributed by atoms with Crippen LogP contribution in [-0.4, -0.2) is 18.9 Å². The lowest BCUT2D eigenvalue weighted by Crippen LogP contribution is -2.05. The summed E-state index contributed by atoms with van der Waals surface area (Å²) in [6, 6.07) is 7.99. The number of nitrogens with one attached hydrogen (secondary N) is 1. The second-order valence-electron chi connectivity index (χ2n) is 3.00. The highest BCUT2D eigenvalue weighted by Gasteiger charge is 2.00. The number of rotatable bonds is 6. The molecule has 0 amide bonds. The monoisotopic (exact) mass is 211 g/mol. The molecule has 0 saturated carbocycles. The topological polar surface area (TPSA) is 21.3 Å². The third-order valence-corrected chi connectivity index (χ3v) is 2.00. The summed E-state index contributed by atoms with van der Waals surface area (Å²) in [5.74, 6) is 1.75. The molecule has 0 aliphatic rings. The van der Waals surface area contributed by atoms with Crippen LogP contribution in [0.15, 0.2) is 24.3 Å². The average Bonchev–Trinajstić information content (AvgIpc) is 2.24. The van der Waals surface area contributed by atoms with Gasteiger partial charge in [-0.15, -0.1) is 0 Å². The van der Waals surface area contributed by atoms with Gasteiger partial charge in [0.15, 0.2) is 0 Å². The van der Waals surface area contributed by atoms with Crippen LogP contribution in [0.3, 0.4) is 0 Å². The summed E-state index contributed by atoms with van der Waals surface area (Å²) >= 11 is 4.15. The van der Waals surface area contributed by atoms with Crippen molar-refractivity contribution in [1.29, 1.82) is 0 Å². The van der Waals surface area contributed by atoms with Crippen molar-refractivity contribution in [3.05, 3.63) is 24.3 Å². The van der Waals surface area contributed by atoms with Crippen LogP contribution in [-0.2, 0) is 0 Å². The smallest absolute Gasteiger partial charge is 0.142 e. The molecular weight excluding hydrogens is 194 g/mol. The molecule has 1 aromatic rings. The van der Waals surface area contributed by atoms with Gasteiger partial charge in [0.1, 0.15) is 5.75 Å². The first-order valence-corrected chi connectivity index (χ1v) is 5.58. The third-order valence-electron chi connectivity index (χ3n) is 1.78. The highest BCUT2D eigenvalue weighted by atomic mass is 32.1. The summed E-state index contributed by atoms with van der Waals surface area (Å²) in [6.45, 7) is 3.72. The largest absolute Gasteiger partial charge is 0.491 e. The van der Waals surface area contributed by atoms with Crippen molar-refractivity contribution in [3.63, 3.8) is 0 Å². The fourth-order valence-electron chi connectivity index (χ4n) is 1.14. The quantitative estimate of drug-likeness (QED) is 0.706. The molecule has 14 heavy (non-hydrogen) atoms. The predicted octanol–water partition coefficient (Wildman–Crippen LogP) is 2.82. The zero-order chi connectivity index (χ0) is 10.2. The van der Waals surface area contributed by atoms with Crippen molar-refractivity contribution >= 4 is 18.3 Å². The van der Waals surface area contributed by atoms with E-state index >= 15 is 0 Å². The first-order chi connectivity index (χ1) is 6.88. The number of hydrogen-bond acceptors (Lipinski definition) is 3. The zero-order valence-corrected chi connectivity index (χ0v) is 9.39. The normalized spacial score (nSPS) is 9.86. The maximum Gasteiger partial charge on any atom is 0.142 e. The molecule has 78 valence electrons. The molecule has 0 spiro atoms. The molecule has 0 atom stereocenters. The summed E-state index contributed by atoms with van der Waals surface area (Å²) in [6.07, 6.45) is 1.03. The molecule has 2 nitrogen and oxygen atoms in total. The van der Waals surface area contributed by atoms with E-state index in [0.717, 1.165) is 36.8 Å². The Kier molecular flexibility index (Phi) is 5.30. The minimum atomic E-state index is 0.763. The van der Waals surface area contributed by atoms with Crippen LogP contribution >= 0.6 is 12.6 Å². The van der Waals surface area contributed by atoms with Gasteiger partial charge in [-0.2, -0.15) is 12.6 Å². The van der Waals surface area contributed by atoms with E-state index in [9.17, 15) is 0 Å². The molecule has 0 fully saturated rings. The van der Waals surface area contributed by atoms with Crippen LogP contribution in [0.2, 0.25) is 0 Å². The molecule has 0 radical (unpaired) electrons. The van der Waals surface area contributed by atoms with Gasteiger partial charge >= 0.3 is 0 Å². The molecule has 0 bridgehead atoms. The highest BCUT2D eigenvalue weighted by molar-refractivity contribution is 7.80. The molecule has 0 unspecified atom stereocenters. The minimum absolute atomic E-state index is 0.763. The SMILES string of the molecule is CCCOc1ccccc1NCCS. The van der Waals surface area contributed by atoms with Gasteiger partial charge in [0.2, 0.25) is 0 Å². The van der Waals surface area contributed by atoms with E-state index in [4.69, 9.17) is 4.74 Å². The van der Waals surface area contributed by atoms with E-state index in [1.165, 1.54) is 0 Å². The fourth-order valence-corrected chi connectivity index (χ4v) is 1.25. The Hall–Kier alpha value is -0.830. The summed E-state index contributed by atoms with van der Waals surface area (Å²) in [5, 5.41) is 3.27. The van der Waals surface area contributed by atoms with E-state index in [-0.39, 0.29) is 0 Å². The molecule has 0 aromatic heterocycles. The van der Waals surface area contributed by atoms with Crippen molar-refractivity contribution in [2.75, 3.05) is 24.2 Å². The van der Waals surface area contributed by atoms with E-state index in [1.807, 2.05) is 24.3 Å². The Morgan fingerprint density at radius 1 is 1.36 bits per heavy atom. The van der Waals surface area contributed by atoms with Gasteiger partial charge in [-0.05, 0) is 18.6 Å². The van der Waals surface area contributed by atoms with Crippen LogP contribution < -0.4 is 10.1 Å². The van der Waals surface area contributed by atoms with Crippen molar-refractivity contribution in [2.45, 2.75) is 13.3 Å². The standard InChI is InChI=1S/C11H17NOS/c1-2-8-13-11-6-4-3-5-10(11)12-7-9-14/h3-6,12,14H,2,7-9H2,1H3. The maximum atomic E-state index is 5.60. The number of hydrogen-bond donors (Lipinski definition) is 2. The maximum absolute atomic E-state index is 5.60. The van der Waals surface area contributed by atoms with Gasteiger partial charge in [-0.25, -0.2) is 0 Å². The Labute approximate surface area is 91.1 Å². The minimum Gasteiger partial charge on any atom is -0.491 e. The summed E-state index contributed by atoms with van der Waals surface area (Å²) in [7, 11) is 0. The molecule has 0 aliphatic heterocycles. The van der Waals surface area contributed by atoms with Gasteiger partial charge in [0.05, 0.1) is 12.3 Å². The van der Waals surface area contributed by atoms with Gasteiger partial charge in [-0.1, -0.05) is 19.1 Å². The van der Waals surface area contributed by atoms with Crippen LogP contribution in [0, 0.1) is 0 Å². The first kappa shape index (κ1) is 11.2. The van der Waals surface area contributed by atoms with E-state index < -0.39 is 0 Å². The Morgan fingerprint density at radius 2 is 2.14 bits per heavy atom. The second kappa shape index (κ2) is 6.60. The van der Waals surface area contributed by atoms with Gasteiger partial charge in [0, 0.05) is 12.3 Å². The number of benzene rings is 1. The van der Waals surface area contributed by atoms with Crippen molar-refractivity contribution < 1.29 is 4.74 Å². The van der Waals surface area contributed by atoms with Crippen molar-refractivity contribution in [2.24, 2.45) is 0 Å². The lowest BCUT2D eigenvalue weighted by Gasteiger charge is -2.11. The third kappa shape index (κ3) is 3.50. The number of ether oxygens (including phenoxy) is 1. The van der Waals surface area contributed by atoms with Gasteiger partial charge in [-0.3, -0.25) is 0 Å². The second-order valence-corrected chi connectivity index (χ2v) is 3.44. The molecule has 1 aromatic carbocycles. The summed E-state index contributed by atoms with van der Waals surface area (Å²) in [4.78, 5) is 0. The van der Waals surface area contributed by atoms with Crippen molar-refractivity contribution in [1.82, 2.24) is 0 Å². The summed E-state index contributed by atoms with van der Waals surface area (Å²) < 4.78 is 5.60. The lowest BCUT2D eigenvalue weighted by atomic mass is 10.3. The molecule has 0 saturated heterocycles. The van der Waals surface area contributed by atoms with E-state index in [2.05, 4.69) is 24.9 Å².